The fourth-order valence-electron chi connectivity index (χ4n) is 4.41. The van der Waals surface area contributed by atoms with Crippen molar-refractivity contribution in [3.05, 3.63) is 12.3 Å². The molecule has 0 aromatic carbocycles. The van der Waals surface area contributed by atoms with Gasteiger partial charge in [-0.2, -0.15) is 0 Å². The Morgan fingerprint density at radius 2 is 1.06 bits per heavy atom. The van der Waals surface area contributed by atoms with Gasteiger partial charge in [0.05, 0.1) is 38.7 Å². The molecule has 0 atom stereocenters. The summed E-state index contributed by atoms with van der Waals surface area (Å²) in [5, 5.41) is 28.9. The van der Waals surface area contributed by atoms with Gasteiger partial charge in [-0.25, -0.2) is 0 Å². The van der Waals surface area contributed by atoms with Gasteiger partial charge in [0.25, 0.3) is 0 Å². The first kappa shape index (κ1) is 32.1. The molecule has 198 valence electrons. The molecule has 7 heteroatoms. The summed E-state index contributed by atoms with van der Waals surface area (Å²) in [6.07, 6.45) is 20.7. The average Bonchev–Trinajstić information content (AvgIpc) is 2.76. The number of hydrogen-bond acceptors (Lipinski definition) is 4. The predicted molar refractivity (Wildman–Crippen MR) is 133 cm³/mol. The van der Waals surface area contributed by atoms with Crippen molar-refractivity contribution >= 4 is 17.9 Å². The van der Waals surface area contributed by atoms with Crippen LogP contribution in [0.2, 0.25) is 0 Å². The van der Waals surface area contributed by atoms with E-state index in [1.54, 1.807) is 0 Å². The summed E-state index contributed by atoms with van der Waals surface area (Å²) >= 11 is 0. The Hall–Kier alpha value is -1.89. The summed E-state index contributed by atoms with van der Waals surface area (Å²) in [6, 6.07) is 0. The molecule has 0 rings (SSSR count). The number of rotatable bonds is 25. The first-order valence-electron chi connectivity index (χ1n) is 13.5. The summed E-state index contributed by atoms with van der Waals surface area (Å²) in [5.41, 5.74) is 0. The minimum atomic E-state index is -1.10. The monoisotopic (exact) mass is 483 g/mol. The lowest BCUT2D eigenvalue weighted by Gasteiger charge is -2.35. The zero-order valence-electron chi connectivity index (χ0n) is 21.5. The molecule has 0 radical (unpaired) electrons. The van der Waals surface area contributed by atoms with Crippen LogP contribution in [0.25, 0.3) is 0 Å². The van der Waals surface area contributed by atoms with Crippen molar-refractivity contribution in [2.75, 3.05) is 19.6 Å². The molecule has 0 bridgehead atoms. The van der Waals surface area contributed by atoms with Crippen LogP contribution < -0.4 is 5.11 Å². The second-order valence-electron chi connectivity index (χ2n) is 9.57. The molecule has 0 aliphatic heterocycles. The van der Waals surface area contributed by atoms with Gasteiger partial charge in [-0.15, -0.1) is 0 Å². The Kier molecular flexibility index (Phi) is 20.4. The van der Waals surface area contributed by atoms with Crippen molar-refractivity contribution in [1.29, 1.82) is 0 Å². The third kappa shape index (κ3) is 20.7. The Balaban J connectivity index is 4.56. The van der Waals surface area contributed by atoms with Gasteiger partial charge in [0.2, 0.25) is 0 Å². The Morgan fingerprint density at radius 1 is 0.647 bits per heavy atom. The Labute approximate surface area is 206 Å². The molecule has 0 saturated heterocycles. The molecule has 0 saturated carbocycles. The van der Waals surface area contributed by atoms with Crippen molar-refractivity contribution in [2.45, 2.75) is 122 Å². The molecule has 0 amide bonds. The van der Waals surface area contributed by atoms with Crippen molar-refractivity contribution in [1.82, 2.24) is 0 Å². The summed E-state index contributed by atoms with van der Waals surface area (Å²) in [4.78, 5) is 32.9. The number of carboxylic acid groups (broad SMARTS) is 3. The average molecular weight is 484 g/mol. The summed E-state index contributed by atoms with van der Waals surface area (Å²) < 4.78 is 0.436. The third-order valence-electron chi connectivity index (χ3n) is 6.37. The maximum atomic E-state index is 11.0. The van der Waals surface area contributed by atoms with E-state index in [9.17, 15) is 19.5 Å². The molecule has 0 spiro atoms. The van der Waals surface area contributed by atoms with Gasteiger partial charge in [0.15, 0.2) is 0 Å². The van der Waals surface area contributed by atoms with Crippen molar-refractivity contribution < 1.29 is 34.2 Å². The molecule has 0 aliphatic carbocycles. The van der Waals surface area contributed by atoms with Crippen LogP contribution >= 0.6 is 0 Å². The van der Waals surface area contributed by atoms with E-state index < -0.39 is 17.9 Å². The third-order valence-corrected chi connectivity index (χ3v) is 6.37. The van der Waals surface area contributed by atoms with E-state index in [0.29, 0.717) is 43.4 Å². The highest BCUT2D eigenvalue weighted by molar-refractivity contribution is 5.66. The highest BCUT2D eigenvalue weighted by atomic mass is 16.4. The van der Waals surface area contributed by atoms with Crippen LogP contribution in [0.4, 0.5) is 0 Å². The van der Waals surface area contributed by atoms with E-state index in [1.807, 2.05) is 0 Å². The number of quaternary nitrogens is 1. The van der Waals surface area contributed by atoms with Crippen LogP contribution in [0, 0.1) is 0 Å². The molecule has 7 nitrogen and oxygen atoms in total. The van der Waals surface area contributed by atoms with Gasteiger partial charge in [-0.3, -0.25) is 14.1 Å². The van der Waals surface area contributed by atoms with Gasteiger partial charge in [0.1, 0.15) is 0 Å². The van der Waals surface area contributed by atoms with Gasteiger partial charge >= 0.3 is 11.9 Å². The highest BCUT2D eigenvalue weighted by Gasteiger charge is 2.24. The molecular weight excluding hydrogens is 434 g/mol. The first-order chi connectivity index (χ1) is 16.3. The molecule has 2 N–H and O–H groups in total. The van der Waals surface area contributed by atoms with E-state index in [1.165, 1.54) is 64.2 Å². The maximum absolute atomic E-state index is 11.0. The van der Waals surface area contributed by atoms with Gasteiger partial charge in [0, 0.05) is 25.2 Å². The number of carboxylic acids is 3. The van der Waals surface area contributed by atoms with E-state index in [2.05, 4.69) is 19.2 Å². The number of unbranched alkanes of at least 4 members (excludes halogenated alkanes) is 11. The van der Waals surface area contributed by atoms with Crippen LogP contribution in [0.15, 0.2) is 12.3 Å². The molecule has 0 heterocycles. The molecule has 34 heavy (non-hydrogen) atoms. The van der Waals surface area contributed by atoms with Crippen LogP contribution in [0.1, 0.15) is 122 Å². The molecule has 0 unspecified atom stereocenters. The van der Waals surface area contributed by atoms with Crippen LogP contribution in [-0.2, 0) is 14.4 Å². The van der Waals surface area contributed by atoms with E-state index in [4.69, 9.17) is 10.2 Å². The Morgan fingerprint density at radius 3 is 1.47 bits per heavy atom. The van der Waals surface area contributed by atoms with Gasteiger partial charge in [-0.1, -0.05) is 71.1 Å². The molecule has 0 aromatic rings. The Bertz CT molecular complexity index is 525. The standard InChI is InChI=1S/C27H49NO6/c1-2-3-4-5-6-7-8-9-10-11-12-13-14-21-28(22-15-18-25(29)30,23-16-19-26(31)32)24-17-20-27(33)34/h14,21H,2-13,15-20,22-24H2,1H3,(H2-,29,30,31,32,33,34)/b21-14+. The minimum absolute atomic E-state index is 0.0475. The fourth-order valence-corrected chi connectivity index (χ4v) is 4.41. The van der Waals surface area contributed by atoms with Crippen LogP contribution in [0.5, 0.6) is 0 Å². The predicted octanol–water partition coefficient (Wildman–Crippen LogP) is 5.28. The molecule has 0 fully saturated rings. The van der Waals surface area contributed by atoms with Crippen molar-refractivity contribution in [3.63, 3.8) is 0 Å². The molecule has 0 aliphatic rings. The lowest BCUT2D eigenvalue weighted by atomic mass is 10.1. The normalized spacial score (nSPS) is 11.8. The summed E-state index contributed by atoms with van der Waals surface area (Å²) in [5.74, 6) is -2.81. The van der Waals surface area contributed by atoms with Crippen molar-refractivity contribution in [3.8, 4) is 0 Å². The number of carbonyl (C=O) groups is 3. The maximum Gasteiger partial charge on any atom is 0.303 e. The fraction of sp³-hybridized carbons (Fsp3) is 0.815. The van der Waals surface area contributed by atoms with E-state index >= 15 is 0 Å². The van der Waals surface area contributed by atoms with Crippen molar-refractivity contribution in [2.24, 2.45) is 0 Å². The number of hydrogen-bond donors (Lipinski definition) is 2. The molecular formula is C27H49NO6. The first-order valence-corrected chi connectivity index (χ1v) is 13.5. The zero-order chi connectivity index (χ0) is 25.5. The quantitative estimate of drug-likeness (QED) is 0.135. The van der Waals surface area contributed by atoms with Crippen LogP contribution in [0.3, 0.4) is 0 Å². The number of aliphatic carboxylic acids is 3. The lowest BCUT2D eigenvalue weighted by Crippen LogP contribution is -2.46. The SMILES string of the molecule is CCCCCCCCCCCCC/C=C/[N+](CCCC(=O)[O-])(CCCC(=O)O)CCCC(=O)O. The highest BCUT2D eigenvalue weighted by Crippen LogP contribution is 2.18. The summed E-state index contributed by atoms with van der Waals surface area (Å²) in [6.45, 7) is 3.91. The second-order valence-corrected chi connectivity index (χ2v) is 9.57. The smallest absolute Gasteiger partial charge is 0.303 e. The number of allylic oxidation sites excluding steroid dienone is 1. The van der Waals surface area contributed by atoms with Gasteiger partial charge < -0.3 is 20.1 Å². The number of carbonyl (C=O) groups excluding carboxylic acids is 1. The minimum Gasteiger partial charge on any atom is -0.550 e. The van der Waals surface area contributed by atoms with E-state index in [-0.39, 0.29) is 19.3 Å². The van der Waals surface area contributed by atoms with Crippen LogP contribution in [-0.4, -0.2) is 52.2 Å². The summed E-state index contributed by atoms with van der Waals surface area (Å²) in [7, 11) is 0. The van der Waals surface area contributed by atoms with Gasteiger partial charge in [-0.05, 0) is 25.3 Å². The lowest BCUT2D eigenvalue weighted by molar-refractivity contribution is -0.880. The number of nitrogens with zero attached hydrogens (tertiary/aromatic N) is 1. The topological polar surface area (TPSA) is 115 Å². The zero-order valence-corrected chi connectivity index (χ0v) is 21.5. The largest absolute Gasteiger partial charge is 0.550 e. The van der Waals surface area contributed by atoms with E-state index in [0.717, 1.165) is 12.8 Å². The second kappa shape index (κ2) is 21.6. The molecule has 0 aromatic heterocycles.